The number of carbonyl (C=O) groups is 1. The summed E-state index contributed by atoms with van der Waals surface area (Å²) in [4.78, 5) is 27.8. The molecule has 0 spiro atoms. The number of esters is 1. The number of methoxy groups -OCH3 is 2. The van der Waals surface area contributed by atoms with Gasteiger partial charge >= 0.3 is 10.8 Å². The quantitative estimate of drug-likeness (QED) is 0.841. The zero-order chi connectivity index (χ0) is 16.8. The number of fused-ring (bicyclic) bond motifs is 2. The molecule has 0 bridgehead atoms. The van der Waals surface area contributed by atoms with Gasteiger partial charge in [0.15, 0.2) is 11.5 Å². The molecule has 1 aromatic heterocycles. The Morgan fingerprint density at radius 1 is 1.21 bits per heavy atom. The Bertz CT molecular complexity index is 858. The molecule has 3 atom stereocenters. The molecule has 0 aliphatic carbocycles. The third-order valence-corrected chi connectivity index (χ3v) is 6.77. The molecule has 2 aliphatic rings. The monoisotopic (exact) mass is 365 g/mol. The standard InChI is InChI=1S/C16H15NO5S2/c1-20-8-4-3-7(5-9(8)21-2)11-12-10(6-22-15(12)18)23-14-13(11)24-16(19)17-14/h3-5,10-12H,6H2,1-2H3,(H,17,19)/t10-,11-,12+/m1/s1. The largest absolute Gasteiger partial charge is 0.493 e. The van der Waals surface area contributed by atoms with E-state index in [4.69, 9.17) is 14.2 Å². The van der Waals surface area contributed by atoms with Gasteiger partial charge in [0.1, 0.15) is 6.61 Å². The van der Waals surface area contributed by atoms with Crippen molar-refractivity contribution < 1.29 is 19.0 Å². The normalized spacial score (nSPS) is 24.9. The number of aromatic amines is 1. The van der Waals surface area contributed by atoms with E-state index in [1.165, 1.54) is 11.8 Å². The number of thioether (sulfide) groups is 1. The van der Waals surface area contributed by atoms with E-state index in [0.717, 1.165) is 26.8 Å². The second-order valence-electron chi connectivity index (χ2n) is 5.61. The van der Waals surface area contributed by atoms with E-state index in [2.05, 4.69) is 4.98 Å². The van der Waals surface area contributed by atoms with Crippen LogP contribution in [0.15, 0.2) is 28.0 Å². The van der Waals surface area contributed by atoms with Gasteiger partial charge in [0.25, 0.3) is 0 Å². The molecule has 0 amide bonds. The number of aromatic nitrogens is 1. The van der Waals surface area contributed by atoms with Gasteiger partial charge in [0, 0.05) is 10.8 Å². The summed E-state index contributed by atoms with van der Waals surface area (Å²) in [7, 11) is 3.15. The van der Waals surface area contributed by atoms with Gasteiger partial charge in [-0.25, -0.2) is 0 Å². The lowest BCUT2D eigenvalue weighted by molar-refractivity contribution is -0.141. The van der Waals surface area contributed by atoms with Crippen LogP contribution in [0.25, 0.3) is 0 Å². The number of cyclic esters (lactones) is 1. The third kappa shape index (κ3) is 2.32. The van der Waals surface area contributed by atoms with Crippen LogP contribution in [0.2, 0.25) is 0 Å². The van der Waals surface area contributed by atoms with Crippen LogP contribution in [-0.2, 0) is 9.53 Å². The summed E-state index contributed by atoms with van der Waals surface area (Å²) in [5.41, 5.74) is 0.915. The van der Waals surface area contributed by atoms with E-state index in [1.807, 2.05) is 18.2 Å². The van der Waals surface area contributed by atoms with Gasteiger partial charge < -0.3 is 19.2 Å². The number of nitrogens with one attached hydrogen (secondary N) is 1. The topological polar surface area (TPSA) is 77.6 Å². The van der Waals surface area contributed by atoms with E-state index < -0.39 is 0 Å². The molecule has 1 aromatic carbocycles. The van der Waals surface area contributed by atoms with E-state index in [-0.39, 0.29) is 27.9 Å². The Labute approximate surface area is 146 Å². The van der Waals surface area contributed by atoms with Crippen molar-refractivity contribution in [3.8, 4) is 11.5 Å². The first-order valence-corrected chi connectivity index (χ1v) is 9.10. The number of hydrogen-bond donors (Lipinski definition) is 1. The summed E-state index contributed by atoms with van der Waals surface area (Å²) in [5, 5.41) is 0.845. The highest BCUT2D eigenvalue weighted by atomic mass is 32.2. The minimum atomic E-state index is -0.299. The first-order chi connectivity index (χ1) is 11.6. The molecule has 2 aliphatic heterocycles. The Balaban J connectivity index is 1.87. The lowest BCUT2D eigenvalue weighted by Gasteiger charge is -2.30. The maximum absolute atomic E-state index is 12.3. The molecule has 1 fully saturated rings. The predicted molar refractivity (Wildman–Crippen MR) is 90.4 cm³/mol. The zero-order valence-corrected chi connectivity index (χ0v) is 14.7. The van der Waals surface area contributed by atoms with Crippen molar-refractivity contribution in [1.82, 2.24) is 4.98 Å². The number of carbonyl (C=O) groups excluding carboxylic acids is 1. The predicted octanol–water partition coefficient (Wildman–Crippen LogP) is 2.23. The summed E-state index contributed by atoms with van der Waals surface area (Å²) >= 11 is 2.68. The maximum atomic E-state index is 12.3. The third-order valence-electron chi connectivity index (χ3n) is 4.38. The van der Waals surface area contributed by atoms with Crippen molar-refractivity contribution >= 4 is 29.1 Å². The van der Waals surface area contributed by atoms with E-state index in [0.29, 0.717) is 18.1 Å². The number of hydrogen-bond acceptors (Lipinski definition) is 7. The average molecular weight is 365 g/mol. The number of thiazole rings is 1. The van der Waals surface area contributed by atoms with Gasteiger partial charge in [-0.3, -0.25) is 9.59 Å². The lowest BCUT2D eigenvalue weighted by atomic mass is 9.83. The van der Waals surface area contributed by atoms with Crippen LogP contribution in [0.3, 0.4) is 0 Å². The Morgan fingerprint density at radius 3 is 2.75 bits per heavy atom. The number of benzene rings is 1. The molecule has 4 rings (SSSR count). The molecular formula is C16H15NO5S2. The van der Waals surface area contributed by atoms with Gasteiger partial charge in [-0.05, 0) is 17.7 Å². The summed E-state index contributed by atoms with van der Waals surface area (Å²) in [6.45, 7) is 0.370. The van der Waals surface area contributed by atoms with E-state index in [9.17, 15) is 9.59 Å². The molecule has 1 N–H and O–H groups in total. The number of H-pyrrole nitrogens is 1. The summed E-state index contributed by atoms with van der Waals surface area (Å²) in [6, 6.07) is 5.61. The second-order valence-corrected chi connectivity index (χ2v) is 7.88. The van der Waals surface area contributed by atoms with Crippen molar-refractivity contribution in [2.75, 3.05) is 20.8 Å². The highest BCUT2D eigenvalue weighted by Gasteiger charge is 2.49. The van der Waals surface area contributed by atoms with Crippen LogP contribution in [-0.4, -0.2) is 37.0 Å². The molecule has 24 heavy (non-hydrogen) atoms. The van der Waals surface area contributed by atoms with Crippen LogP contribution in [0.5, 0.6) is 11.5 Å². The zero-order valence-electron chi connectivity index (χ0n) is 13.0. The highest BCUT2D eigenvalue weighted by molar-refractivity contribution is 8.00. The van der Waals surface area contributed by atoms with Gasteiger partial charge in [0.2, 0.25) is 0 Å². The summed E-state index contributed by atoms with van der Waals surface area (Å²) < 4.78 is 16.0. The molecule has 3 heterocycles. The Hall–Kier alpha value is -1.93. The minimum absolute atomic E-state index is 0.00773. The number of ether oxygens (including phenoxy) is 3. The van der Waals surface area contributed by atoms with Gasteiger partial charge in [-0.2, -0.15) is 0 Å². The fourth-order valence-electron chi connectivity index (χ4n) is 3.31. The maximum Gasteiger partial charge on any atom is 0.311 e. The molecule has 2 aromatic rings. The molecule has 126 valence electrons. The molecule has 1 saturated heterocycles. The Morgan fingerprint density at radius 2 is 2.00 bits per heavy atom. The molecule has 0 unspecified atom stereocenters. The molecule has 6 nitrogen and oxygen atoms in total. The molecule has 0 saturated carbocycles. The molecule has 0 radical (unpaired) electrons. The van der Waals surface area contributed by atoms with Crippen molar-refractivity contribution in [1.29, 1.82) is 0 Å². The fraction of sp³-hybridized carbons (Fsp3) is 0.375. The van der Waals surface area contributed by atoms with Gasteiger partial charge in [-0.1, -0.05) is 29.2 Å². The second kappa shape index (κ2) is 5.86. The van der Waals surface area contributed by atoms with Crippen molar-refractivity contribution in [2.45, 2.75) is 16.2 Å². The first kappa shape index (κ1) is 15.6. The smallest absolute Gasteiger partial charge is 0.311 e. The Kier molecular flexibility index (Phi) is 3.80. The summed E-state index contributed by atoms with van der Waals surface area (Å²) in [5.74, 6) is 0.496. The lowest BCUT2D eigenvalue weighted by Crippen LogP contribution is -2.29. The molecule has 8 heteroatoms. The minimum Gasteiger partial charge on any atom is -0.493 e. The van der Waals surface area contributed by atoms with Crippen molar-refractivity contribution in [3.05, 3.63) is 38.3 Å². The van der Waals surface area contributed by atoms with Gasteiger partial charge in [0.05, 0.1) is 30.4 Å². The van der Waals surface area contributed by atoms with Crippen LogP contribution < -0.4 is 14.3 Å². The fourth-order valence-corrected chi connectivity index (χ4v) is 5.80. The van der Waals surface area contributed by atoms with Crippen molar-refractivity contribution in [2.24, 2.45) is 5.92 Å². The van der Waals surface area contributed by atoms with Crippen molar-refractivity contribution in [3.63, 3.8) is 0 Å². The van der Waals surface area contributed by atoms with Gasteiger partial charge in [-0.15, -0.1) is 0 Å². The molecular weight excluding hydrogens is 350 g/mol. The van der Waals surface area contributed by atoms with E-state index >= 15 is 0 Å². The number of rotatable bonds is 3. The SMILES string of the molecule is COc1ccc([C@H]2c3sc(=O)[nH]c3S[C@@H]3COC(=O)[C@H]23)cc1OC. The summed E-state index contributed by atoms with van der Waals surface area (Å²) in [6.07, 6.45) is 0. The van der Waals surface area contributed by atoms with E-state index in [1.54, 1.807) is 14.2 Å². The highest BCUT2D eigenvalue weighted by Crippen LogP contribution is 2.52. The first-order valence-electron chi connectivity index (χ1n) is 7.40. The van der Waals surface area contributed by atoms with Crippen LogP contribution in [0.1, 0.15) is 16.4 Å². The van der Waals surface area contributed by atoms with Crippen LogP contribution >= 0.6 is 23.1 Å². The van der Waals surface area contributed by atoms with Crippen LogP contribution in [0, 0.1) is 5.92 Å². The van der Waals surface area contributed by atoms with Crippen LogP contribution in [0.4, 0.5) is 0 Å². The average Bonchev–Trinajstić information content (AvgIpc) is 3.14.